The van der Waals surface area contributed by atoms with Crippen LogP contribution in [0, 0.1) is 12.8 Å². The molecule has 4 nitrogen and oxygen atoms in total. The molecular weight excluding hydrogens is 350 g/mol. The van der Waals surface area contributed by atoms with Crippen molar-refractivity contribution >= 4 is 38.6 Å². The van der Waals surface area contributed by atoms with E-state index in [1.807, 2.05) is 30.5 Å². The van der Waals surface area contributed by atoms with Crippen LogP contribution in [0.1, 0.15) is 25.1 Å². The fraction of sp³-hybridized carbons (Fsp3) is 0.333. The third kappa shape index (κ3) is 5.13. The van der Waals surface area contributed by atoms with Crippen LogP contribution in [-0.2, 0) is 0 Å². The summed E-state index contributed by atoms with van der Waals surface area (Å²) in [5.41, 5.74) is 4.84. The first-order chi connectivity index (χ1) is 10.0. The van der Waals surface area contributed by atoms with Crippen molar-refractivity contribution in [1.29, 1.82) is 0 Å². The maximum Gasteiger partial charge on any atom is 0.203 e. The average Bonchev–Trinajstić information content (AvgIpc) is 2.83. The molecule has 0 bridgehead atoms. The number of hydrogen-bond acceptors (Lipinski definition) is 5. The summed E-state index contributed by atoms with van der Waals surface area (Å²) in [5, 5.41) is 6.99. The van der Waals surface area contributed by atoms with Crippen LogP contribution in [0.4, 0.5) is 5.13 Å². The molecule has 0 amide bonds. The van der Waals surface area contributed by atoms with E-state index in [4.69, 9.17) is 4.74 Å². The number of aryl methyl sites for hydroxylation is 1. The second-order valence-electron chi connectivity index (χ2n) is 5.05. The van der Waals surface area contributed by atoms with Gasteiger partial charge in [-0.3, -0.25) is 5.43 Å². The lowest BCUT2D eigenvalue weighted by atomic mass is 10.2. The SMILES string of the molecule is Cc1csc(NN=Cc2cc(Br)ccc2OCC(C)C)n1. The Morgan fingerprint density at radius 2 is 2.29 bits per heavy atom. The fourth-order valence-electron chi connectivity index (χ4n) is 1.57. The summed E-state index contributed by atoms with van der Waals surface area (Å²) in [6.45, 7) is 6.89. The Labute approximate surface area is 137 Å². The molecule has 1 aromatic carbocycles. The monoisotopic (exact) mass is 367 g/mol. The molecule has 0 atom stereocenters. The van der Waals surface area contributed by atoms with E-state index in [2.05, 4.69) is 45.3 Å². The number of hydrazone groups is 1. The lowest BCUT2D eigenvalue weighted by molar-refractivity contribution is 0.270. The second-order valence-corrected chi connectivity index (χ2v) is 6.82. The summed E-state index contributed by atoms with van der Waals surface area (Å²) >= 11 is 5.00. The fourth-order valence-corrected chi connectivity index (χ4v) is 2.59. The van der Waals surface area contributed by atoms with Gasteiger partial charge in [0.2, 0.25) is 5.13 Å². The van der Waals surface area contributed by atoms with Gasteiger partial charge in [0, 0.05) is 15.4 Å². The molecule has 2 rings (SSSR count). The Kier molecular flexibility index (Phi) is 5.76. The molecule has 0 saturated heterocycles. The van der Waals surface area contributed by atoms with Gasteiger partial charge in [-0.25, -0.2) is 4.98 Å². The van der Waals surface area contributed by atoms with E-state index >= 15 is 0 Å². The number of thiazole rings is 1. The molecule has 0 unspecified atom stereocenters. The molecule has 1 N–H and O–H groups in total. The van der Waals surface area contributed by atoms with Gasteiger partial charge in [0.25, 0.3) is 0 Å². The first-order valence-electron chi connectivity index (χ1n) is 6.68. The topological polar surface area (TPSA) is 46.5 Å². The largest absolute Gasteiger partial charge is 0.493 e. The lowest BCUT2D eigenvalue weighted by Gasteiger charge is -2.11. The smallest absolute Gasteiger partial charge is 0.203 e. The maximum atomic E-state index is 5.81. The number of anilines is 1. The number of rotatable bonds is 6. The third-order valence-corrected chi connectivity index (χ3v) is 3.88. The number of ether oxygens (including phenoxy) is 1. The van der Waals surface area contributed by atoms with Gasteiger partial charge in [-0.1, -0.05) is 29.8 Å². The number of hydrogen-bond donors (Lipinski definition) is 1. The summed E-state index contributed by atoms with van der Waals surface area (Å²) in [7, 11) is 0. The standard InChI is InChI=1S/C15H18BrN3OS/c1-10(2)8-20-14-5-4-13(16)6-12(14)7-17-19-15-18-11(3)9-21-15/h4-7,9-10H,8H2,1-3H3,(H,18,19). The number of aromatic nitrogens is 1. The predicted molar refractivity (Wildman–Crippen MR) is 92.5 cm³/mol. The zero-order chi connectivity index (χ0) is 15.2. The molecule has 1 heterocycles. The lowest BCUT2D eigenvalue weighted by Crippen LogP contribution is -2.06. The van der Waals surface area contributed by atoms with E-state index in [0.29, 0.717) is 12.5 Å². The van der Waals surface area contributed by atoms with Gasteiger partial charge in [0.15, 0.2) is 0 Å². The van der Waals surface area contributed by atoms with Gasteiger partial charge < -0.3 is 4.74 Å². The van der Waals surface area contributed by atoms with Crippen molar-refractivity contribution < 1.29 is 4.74 Å². The van der Waals surface area contributed by atoms with E-state index in [1.165, 1.54) is 11.3 Å². The van der Waals surface area contributed by atoms with E-state index in [1.54, 1.807) is 6.21 Å². The van der Waals surface area contributed by atoms with Crippen molar-refractivity contribution in [3.05, 3.63) is 39.3 Å². The van der Waals surface area contributed by atoms with Crippen molar-refractivity contribution in [2.75, 3.05) is 12.0 Å². The Bertz CT molecular complexity index is 625. The van der Waals surface area contributed by atoms with Crippen LogP contribution >= 0.6 is 27.3 Å². The number of benzene rings is 1. The molecule has 112 valence electrons. The molecule has 0 spiro atoms. The highest BCUT2D eigenvalue weighted by molar-refractivity contribution is 9.10. The van der Waals surface area contributed by atoms with Crippen molar-refractivity contribution in [2.24, 2.45) is 11.0 Å². The molecule has 6 heteroatoms. The highest BCUT2D eigenvalue weighted by atomic mass is 79.9. The number of nitrogens with zero attached hydrogens (tertiary/aromatic N) is 2. The maximum absolute atomic E-state index is 5.81. The van der Waals surface area contributed by atoms with Crippen LogP contribution in [0.2, 0.25) is 0 Å². The molecule has 0 aliphatic heterocycles. The molecule has 0 aliphatic carbocycles. The van der Waals surface area contributed by atoms with Gasteiger partial charge in [-0.05, 0) is 31.0 Å². The normalized spacial score (nSPS) is 11.3. The third-order valence-electron chi connectivity index (χ3n) is 2.53. The van der Waals surface area contributed by atoms with E-state index in [0.717, 1.165) is 26.6 Å². The van der Waals surface area contributed by atoms with Crippen LogP contribution in [-0.4, -0.2) is 17.8 Å². The minimum absolute atomic E-state index is 0.481. The van der Waals surface area contributed by atoms with Gasteiger partial charge >= 0.3 is 0 Å². The molecule has 0 saturated carbocycles. The summed E-state index contributed by atoms with van der Waals surface area (Å²) < 4.78 is 6.80. The second kappa shape index (κ2) is 7.56. The van der Waals surface area contributed by atoms with Crippen molar-refractivity contribution in [3.63, 3.8) is 0 Å². The Hall–Kier alpha value is -1.40. The predicted octanol–water partition coefficient (Wildman–Crippen LogP) is 4.69. The van der Waals surface area contributed by atoms with Crippen LogP contribution in [0.15, 0.2) is 33.2 Å². The Morgan fingerprint density at radius 3 is 2.95 bits per heavy atom. The van der Waals surface area contributed by atoms with Crippen LogP contribution in [0.5, 0.6) is 5.75 Å². The molecule has 2 aromatic rings. The van der Waals surface area contributed by atoms with Crippen molar-refractivity contribution in [3.8, 4) is 5.75 Å². The minimum atomic E-state index is 0.481. The summed E-state index contributed by atoms with van der Waals surface area (Å²) in [4.78, 5) is 4.29. The Morgan fingerprint density at radius 1 is 1.48 bits per heavy atom. The van der Waals surface area contributed by atoms with Crippen LogP contribution in [0.3, 0.4) is 0 Å². The zero-order valence-electron chi connectivity index (χ0n) is 12.3. The summed E-state index contributed by atoms with van der Waals surface area (Å²) in [6.07, 6.45) is 1.75. The number of halogens is 1. The number of nitrogens with one attached hydrogen (secondary N) is 1. The first-order valence-corrected chi connectivity index (χ1v) is 8.35. The van der Waals surface area contributed by atoms with E-state index < -0.39 is 0 Å². The van der Waals surface area contributed by atoms with Gasteiger partial charge in [-0.15, -0.1) is 11.3 Å². The van der Waals surface area contributed by atoms with Gasteiger partial charge in [-0.2, -0.15) is 5.10 Å². The summed E-state index contributed by atoms with van der Waals surface area (Å²) in [5.74, 6) is 1.31. The Balaban J connectivity index is 2.08. The van der Waals surface area contributed by atoms with Crippen molar-refractivity contribution in [1.82, 2.24) is 4.98 Å². The van der Waals surface area contributed by atoms with Crippen molar-refractivity contribution in [2.45, 2.75) is 20.8 Å². The molecular formula is C15H18BrN3OS. The molecule has 0 aliphatic rings. The highest BCUT2D eigenvalue weighted by Crippen LogP contribution is 2.22. The van der Waals surface area contributed by atoms with Gasteiger partial charge in [0.05, 0.1) is 18.5 Å². The molecule has 0 radical (unpaired) electrons. The minimum Gasteiger partial charge on any atom is -0.493 e. The zero-order valence-corrected chi connectivity index (χ0v) is 14.7. The highest BCUT2D eigenvalue weighted by Gasteiger charge is 2.04. The molecule has 0 fully saturated rings. The molecule has 21 heavy (non-hydrogen) atoms. The molecule has 1 aromatic heterocycles. The van der Waals surface area contributed by atoms with Crippen LogP contribution in [0.25, 0.3) is 0 Å². The van der Waals surface area contributed by atoms with E-state index in [9.17, 15) is 0 Å². The van der Waals surface area contributed by atoms with E-state index in [-0.39, 0.29) is 0 Å². The average molecular weight is 368 g/mol. The quantitative estimate of drug-likeness (QED) is 0.594. The summed E-state index contributed by atoms with van der Waals surface area (Å²) in [6, 6.07) is 5.89. The first kappa shape index (κ1) is 16.0. The van der Waals surface area contributed by atoms with Crippen LogP contribution < -0.4 is 10.2 Å². The van der Waals surface area contributed by atoms with Gasteiger partial charge in [0.1, 0.15) is 5.75 Å².